The van der Waals surface area contributed by atoms with Gasteiger partial charge < -0.3 is 4.89 Å². The molecule has 0 aliphatic rings. The first-order valence-electron chi connectivity index (χ1n) is 0.383. The highest BCUT2D eigenvalue weighted by molar-refractivity contribution is 7.16. The van der Waals surface area contributed by atoms with Crippen LogP contribution in [0.15, 0.2) is 0 Å². The van der Waals surface area contributed by atoms with E-state index in [1.807, 2.05) is 0 Å². The molecular formula is H7AlO2P2. The highest BCUT2D eigenvalue weighted by Gasteiger charge is 1.28. The molecule has 0 fully saturated rings. The van der Waals surface area contributed by atoms with Gasteiger partial charge in [-0.25, -0.2) is 4.57 Å². The van der Waals surface area contributed by atoms with Gasteiger partial charge in [0.1, 0.15) is 0 Å². The maximum Gasteiger partial charge on any atom is 0.324 e. The number of rotatable bonds is 0. The van der Waals surface area contributed by atoms with Crippen molar-refractivity contribution in [3.05, 3.63) is 0 Å². The zero-order chi connectivity index (χ0) is 2.71. The van der Waals surface area contributed by atoms with Gasteiger partial charge in [0.05, 0.1) is 0 Å². The maximum atomic E-state index is 8.46. The van der Waals surface area contributed by atoms with Gasteiger partial charge in [0.15, 0.2) is 17.4 Å². The summed E-state index contributed by atoms with van der Waals surface area (Å²) in [6, 6.07) is 0. The Morgan fingerprint density at radius 3 is 1.60 bits per heavy atom. The molecule has 2 nitrogen and oxygen atoms in total. The van der Waals surface area contributed by atoms with E-state index in [1.54, 1.807) is 0 Å². The van der Waals surface area contributed by atoms with Crippen LogP contribution in [-0.4, -0.2) is 22.3 Å². The largest absolute Gasteiger partial charge is 0.324 e. The summed E-state index contributed by atoms with van der Waals surface area (Å²) in [5.41, 5.74) is 0. The quantitative estimate of drug-likeness (QED) is 0.337. The predicted octanol–water partition coefficient (Wildman–Crippen LogP) is -0.940. The van der Waals surface area contributed by atoms with E-state index in [1.165, 1.54) is 0 Å². The fourth-order valence-corrected chi connectivity index (χ4v) is 0. The van der Waals surface area contributed by atoms with Crippen LogP contribution < -0.4 is 0 Å². The molecule has 0 aromatic rings. The van der Waals surface area contributed by atoms with Crippen molar-refractivity contribution in [1.29, 1.82) is 0 Å². The van der Waals surface area contributed by atoms with Gasteiger partial charge in [0.25, 0.3) is 0 Å². The Morgan fingerprint density at radius 2 is 1.60 bits per heavy atom. The molecule has 0 spiro atoms. The van der Waals surface area contributed by atoms with Crippen molar-refractivity contribution in [2.24, 2.45) is 0 Å². The molecule has 1 atom stereocenters. The van der Waals surface area contributed by atoms with E-state index in [-0.39, 0.29) is 27.3 Å². The molecule has 0 saturated heterocycles. The summed E-state index contributed by atoms with van der Waals surface area (Å²) in [6.45, 7) is 0. The molecule has 5 heteroatoms. The van der Waals surface area contributed by atoms with E-state index in [9.17, 15) is 0 Å². The summed E-state index contributed by atoms with van der Waals surface area (Å²) in [7, 11) is -0.833. The minimum absolute atomic E-state index is 0. The van der Waals surface area contributed by atoms with Gasteiger partial charge in [-0.1, -0.05) is 0 Å². The van der Waals surface area contributed by atoms with Gasteiger partial charge in [-0.2, -0.15) is 9.90 Å². The van der Waals surface area contributed by atoms with E-state index in [0.29, 0.717) is 0 Å². The van der Waals surface area contributed by atoms with Gasteiger partial charge >= 0.3 is 8.69 Å². The second-order valence-electron chi connectivity index (χ2n) is 0.0816. The average molecular weight is 128 g/mol. The molecule has 32 valence electrons. The van der Waals surface area contributed by atoms with E-state index < -0.39 is 8.69 Å². The third-order valence-corrected chi connectivity index (χ3v) is 0. The van der Waals surface area contributed by atoms with Crippen LogP contribution in [-0.2, 0) is 4.57 Å². The normalized spacial score (nSPS) is 4.20. The molecule has 0 saturated carbocycles. The molecule has 0 aromatic carbocycles. The smallest absolute Gasteiger partial charge is 0.310 e. The molecule has 0 aliphatic carbocycles. The van der Waals surface area contributed by atoms with Gasteiger partial charge in [0, 0.05) is 0 Å². The van der Waals surface area contributed by atoms with E-state index in [4.69, 9.17) is 9.46 Å². The molecule has 0 radical (unpaired) electrons. The van der Waals surface area contributed by atoms with Gasteiger partial charge in [-0.05, 0) is 0 Å². The molecule has 0 heterocycles. The van der Waals surface area contributed by atoms with Crippen LogP contribution in [0.25, 0.3) is 0 Å². The lowest BCUT2D eigenvalue weighted by atomic mass is 15.9. The topological polar surface area (TPSA) is 37.3 Å². The molecule has 1 unspecified atom stereocenters. The predicted molar refractivity (Wildman–Crippen MR) is 30.9 cm³/mol. The van der Waals surface area contributed by atoms with Crippen molar-refractivity contribution in [3.63, 3.8) is 0 Å². The zero-order valence-electron chi connectivity index (χ0n) is 2.01. The van der Waals surface area contributed by atoms with Crippen LogP contribution in [0, 0.1) is 0 Å². The fourth-order valence-electron chi connectivity index (χ4n) is 0. The summed E-state index contributed by atoms with van der Waals surface area (Å²) >= 11 is 0. The molecule has 5 heavy (non-hydrogen) atoms. The molecular weight excluding hydrogens is 121 g/mol. The Hall–Kier alpha value is 1.02. The first-order chi connectivity index (χ1) is 1.41. The fraction of sp³-hybridized carbons (Fsp3) is 0. The number of hydrogen-bond donors (Lipinski definition) is 1. The van der Waals surface area contributed by atoms with Crippen LogP contribution in [0.5, 0.6) is 0 Å². The van der Waals surface area contributed by atoms with Crippen LogP contribution in [0.4, 0.5) is 0 Å². The van der Waals surface area contributed by atoms with Gasteiger partial charge in [0.2, 0.25) is 0 Å². The number of hydrogen-bond acceptors (Lipinski definition) is 1. The van der Waals surface area contributed by atoms with E-state index in [2.05, 4.69) is 0 Å². The Morgan fingerprint density at radius 1 is 1.60 bits per heavy atom. The lowest BCUT2D eigenvalue weighted by Crippen LogP contribution is -1.03. The molecule has 1 N–H and O–H groups in total. The first-order valence-corrected chi connectivity index (χ1v) is 1.15. The van der Waals surface area contributed by atoms with Crippen molar-refractivity contribution in [1.82, 2.24) is 0 Å². The molecule has 0 aliphatic heterocycles. The minimum Gasteiger partial charge on any atom is -0.310 e. The lowest BCUT2D eigenvalue weighted by molar-refractivity contribution is 0.524. The standard InChI is InChI=1S/Al.HO2P.H3P.3H/c;1-3-2;;;;/h;(H,1,2);1H3;;;. The lowest BCUT2D eigenvalue weighted by Gasteiger charge is -1.24. The monoisotopic (exact) mass is 128 g/mol. The highest BCUT2D eigenvalue weighted by Crippen LogP contribution is 1.66. The van der Waals surface area contributed by atoms with Crippen molar-refractivity contribution < 1.29 is 9.46 Å². The zero-order valence-corrected chi connectivity index (χ0v) is 4.32. The SMILES string of the molecule is O=PO.P.[AlH3]. The third kappa shape index (κ3) is 43.9. The van der Waals surface area contributed by atoms with Crippen molar-refractivity contribution in [2.45, 2.75) is 0 Å². The van der Waals surface area contributed by atoms with Crippen LogP contribution in [0.3, 0.4) is 0 Å². The van der Waals surface area contributed by atoms with Crippen molar-refractivity contribution in [2.75, 3.05) is 0 Å². The average Bonchev–Trinajstić information content (AvgIpc) is 0.918. The van der Waals surface area contributed by atoms with E-state index in [0.717, 1.165) is 0 Å². The van der Waals surface area contributed by atoms with Crippen LogP contribution >= 0.6 is 18.6 Å². The van der Waals surface area contributed by atoms with Crippen molar-refractivity contribution >= 4 is 35.9 Å². The summed E-state index contributed by atoms with van der Waals surface area (Å²) in [4.78, 5) is 6.99. The summed E-state index contributed by atoms with van der Waals surface area (Å²) in [5, 5.41) is 0. The molecule has 0 bridgehead atoms. The third-order valence-electron chi connectivity index (χ3n) is 0. The summed E-state index contributed by atoms with van der Waals surface area (Å²) in [5.74, 6) is 0. The molecule has 0 aromatic heterocycles. The maximum absolute atomic E-state index is 8.46. The van der Waals surface area contributed by atoms with Crippen LogP contribution in [0.2, 0.25) is 0 Å². The Kier molecular flexibility index (Phi) is 66.1. The Balaban J connectivity index is -0.0000000200. The van der Waals surface area contributed by atoms with Gasteiger partial charge in [-0.15, -0.1) is 0 Å². The highest BCUT2D eigenvalue weighted by atomic mass is 31.1. The van der Waals surface area contributed by atoms with Gasteiger partial charge in [-0.3, -0.25) is 0 Å². The second-order valence-corrected chi connectivity index (χ2v) is 0.245. The van der Waals surface area contributed by atoms with E-state index >= 15 is 0 Å². The minimum atomic E-state index is -0.833. The van der Waals surface area contributed by atoms with Crippen LogP contribution in [0.1, 0.15) is 0 Å². The summed E-state index contributed by atoms with van der Waals surface area (Å²) < 4.78 is 8.46. The second kappa shape index (κ2) is 19.9. The Bertz CT molecular complexity index is 15.1. The van der Waals surface area contributed by atoms with Crippen molar-refractivity contribution in [3.8, 4) is 0 Å². The summed E-state index contributed by atoms with van der Waals surface area (Å²) in [6.07, 6.45) is 0. The molecule has 0 rings (SSSR count). The Labute approximate surface area is 46.0 Å². The first kappa shape index (κ1) is 16.6. The molecule has 0 amide bonds.